The first kappa shape index (κ1) is 16.0. The third kappa shape index (κ3) is 5.72. The summed E-state index contributed by atoms with van der Waals surface area (Å²) in [6.07, 6.45) is 6.88. The Morgan fingerprint density at radius 1 is 1.06 bits per heavy atom. The number of benzene rings is 1. The standard InChI is InChI=1S/C14H22.C3H6/c1-4-11-14(3,12-5-2)13-9-7-6-8-10-13;1-3-2/h6-10H,4-5,11-12H2,1-3H3;3H,1H2,2H3. The maximum absolute atomic E-state index is 3.36. The van der Waals surface area contributed by atoms with E-state index < -0.39 is 0 Å². The molecule has 0 nitrogen and oxygen atoms in total. The van der Waals surface area contributed by atoms with Crippen LogP contribution in [0.3, 0.4) is 0 Å². The molecule has 0 fully saturated rings. The normalized spacial score (nSPS) is 10.4. The quantitative estimate of drug-likeness (QED) is 0.568. The highest BCUT2D eigenvalue weighted by molar-refractivity contribution is 5.24. The SMILES string of the molecule is C=CC.CCCC(C)(CCC)c1ccccc1. The Morgan fingerprint density at radius 2 is 1.47 bits per heavy atom. The Bertz CT molecular complexity index is 278. The van der Waals surface area contributed by atoms with Crippen LogP contribution in [0.4, 0.5) is 0 Å². The van der Waals surface area contributed by atoms with E-state index in [0.717, 1.165) is 0 Å². The molecular formula is C17H28. The first-order valence-corrected chi connectivity index (χ1v) is 6.77. The molecule has 0 unspecified atom stereocenters. The number of allylic oxidation sites excluding steroid dienone is 1. The van der Waals surface area contributed by atoms with Crippen molar-refractivity contribution in [2.75, 3.05) is 0 Å². The lowest BCUT2D eigenvalue weighted by Crippen LogP contribution is -2.21. The van der Waals surface area contributed by atoms with Crippen LogP contribution in [0.2, 0.25) is 0 Å². The summed E-state index contributed by atoms with van der Waals surface area (Å²) < 4.78 is 0. The lowest BCUT2D eigenvalue weighted by molar-refractivity contribution is 0.392. The molecule has 1 aromatic rings. The van der Waals surface area contributed by atoms with Crippen molar-refractivity contribution in [2.24, 2.45) is 0 Å². The van der Waals surface area contributed by atoms with Crippen LogP contribution < -0.4 is 0 Å². The average molecular weight is 232 g/mol. The van der Waals surface area contributed by atoms with Crippen LogP contribution in [0, 0.1) is 0 Å². The van der Waals surface area contributed by atoms with Gasteiger partial charge in [0.25, 0.3) is 0 Å². The molecule has 0 aliphatic carbocycles. The topological polar surface area (TPSA) is 0 Å². The van der Waals surface area contributed by atoms with Gasteiger partial charge in [0, 0.05) is 0 Å². The van der Waals surface area contributed by atoms with Gasteiger partial charge in [-0.15, -0.1) is 6.58 Å². The minimum absolute atomic E-state index is 0.394. The lowest BCUT2D eigenvalue weighted by Gasteiger charge is -2.29. The maximum Gasteiger partial charge on any atom is -0.00755 e. The molecule has 0 heteroatoms. The van der Waals surface area contributed by atoms with Crippen molar-refractivity contribution in [2.45, 2.75) is 58.8 Å². The summed E-state index contributed by atoms with van der Waals surface area (Å²) in [7, 11) is 0. The average Bonchev–Trinajstić information content (AvgIpc) is 2.32. The van der Waals surface area contributed by atoms with E-state index >= 15 is 0 Å². The lowest BCUT2D eigenvalue weighted by atomic mass is 9.75. The van der Waals surface area contributed by atoms with Crippen molar-refractivity contribution < 1.29 is 0 Å². The van der Waals surface area contributed by atoms with Gasteiger partial charge in [-0.3, -0.25) is 0 Å². The largest absolute Gasteiger partial charge is 0.103 e. The van der Waals surface area contributed by atoms with Gasteiger partial charge in [0.05, 0.1) is 0 Å². The van der Waals surface area contributed by atoms with Crippen molar-refractivity contribution in [3.63, 3.8) is 0 Å². The zero-order chi connectivity index (χ0) is 13.1. The van der Waals surface area contributed by atoms with E-state index in [9.17, 15) is 0 Å². The van der Waals surface area contributed by atoms with Crippen molar-refractivity contribution in [1.29, 1.82) is 0 Å². The Hall–Kier alpha value is -1.04. The molecule has 0 radical (unpaired) electrons. The van der Waals surface area contributed by atoms with E-state index in [2.05, 4.69) is 57.7 Å². The van der Waals surface area contributed by atoms with Crippen molar-refractivity contribution in [1.82, 2.24) is 0 Å². The molecule has 0 saturated carbocycles. The van der Waals surface area contributed by atoms with Gasteiger partial charge >= 0.3 is 0 Å². The molecule has 1 aromatic carbocycles. The summed E-state index contributed by atoms with van der Waals surface area (Å²) in [5.74, 6) is 0. The van der Waals surface area contributed by atoms with Crippen molar-refractivity contribution >= 4 is 0 Å². The number of hydrogen-bond donors (Lipinski definition) is 0. The minimum Gasteiger partial charge on any atom is -0.103 e. The Morgan fingerprint density at radius 3 is 1.82 bits per heavy atom. The molecule has 0 bridgehead atoms. The first-order valence-electron chi connectivity index (χ1n) is 6.77. The fourth-order valence-electron chi connectivity index (χ4n) is 2.36. The van der Waals surface area contributed by atoms with E-state index in [1.807, 2.05) is 6.92 Å². The van der Waals surface area contributed by atoms with Gasteiger partial charge in [-0.05, 0) is 30.7 Å². The third-order valence-corrected chi connectivity index (χ3v) is 3.07. The zero-order valence-electron chi connectivity index (χ0n) is 12.0. The summed E-state index contributed by atoms with van der Waals surface area (Å²) >= 11 is 0. The molecule has 0 saturated heterocycles. The van der Waals surface area contributed by atoms with Gasteiger partial charge in [0.2, 0.25) is 0 Å². The summed E-state index contributed by atoms with van der Waals surface area (Å²) in [5.41, 5.74) is 1.90. The molecule has 17 heavy (non-hydrogen) atoms. The molecular weight excluding hydrogens is 204 g/mol. The smallest absolute Gasteiger partial charge is 0.00755 e. The highest BCUT2D eigenvalue weighted by atomic mass is 14.3. The van der Waals surface area contributed by atoms with Crippen LogP contribution in [0.1, 0.15) is 58.9 Å². The highest BCUT2D eigenvalue weighted by Gasteiger charge is 2.23. The highest BCUT2D eigenvalue weighted by Crippen LogP contribution is 2.33. The van der Waals surface area contributed by atoms with Crippen molar-refractivity contribution in [3.8, 4) is 0 Å². The molecule has 0 spiro atoms. The van der Waals surface area contributed by atoms with Crippen LogP contribution in [-0.2, 0) is 5.41 Å². The minimum atomic E-state index is 0.394. The molecule has 1 rings (SSSR count). The number of hydrogen-bond acceptors (Lipinski definition) is 0. The van der Waals surface area contributed by atoms with E-state index in [0.29, 0.717) is 5.41 Å². The van der Waals surface area contributed by atoms with Crippen molar-refractivity contribution in [3.05, 3.63) is 48.6 Å². The van der Waals surface area contributed by atoms with E-state index in [1.54, 1.807) is 6.08 Å². The van der Waals surface area contributed by atoms with E-state index in [4.69, 9.17) is 0 Å². The predicted molar refractivity (Wildman–Crippen MR) is 79.5 cm³/mol. The fraction of sp³-hybridized carbons (Fsp3) is 0.529. The third-order valence-electron chi connectivity index (χ3n) is 3.07. The predicted octanol–water partition coefficient (Wildman–Crippen LogP) is 5.74. The summed E-state index contributed by atoms with van der Waals surface area (Å²) in [6.45, 7) is 12.2. The Labute approximate surface area is 108 Å². The molecule has 0 heterocycles. The van der Waals surface area contributed by atoms with Gasteiger partial charge in [0.1, 0.15) is 0 Å². The molecule has 0 N–H and O–H groups in total. The maximum atomic E-state index is 3.36. The molecule has 0 aliphatic rings. The van der Waals surface area contributed by atoms with Crippen LogP contribution in [0.5, 0.6) is 0 Å². The monoisotopic (exact) mass is 232 g/mol. The fourth-order valence-corrected chi connectivity index (χ4v) is 2.36. The Kier molecular flexibility index (Phi) is 8.49. The van der Waals surface area contributed by atoms with Crippen LogP contribution in [-0.4, -0.2) is 0 Å². The van der Waals surface area contributed by atoms with Crippen LogP contribution in [0.15, 0.2) is 43.0 Å². The van der Waals surface area contributed by atoms with E-state index in [1.165, 1.54) is 31.2 Å². The molecule has 96 valence electrons. The second kappa shape index (κ2) is 9.04. The number of rotatable bonds is 5. The summed E-state index contributed by atoms with van der Waals surface area (Å²) in [4.78, 5) is 0. The van der Waals surface area contributed by atoms with Crippen LogP contribution >= 0.6 is 0 Å². The van der Waals surface area contributed by atoms with Gasteiger partial charge < -0.3 is 0 Å². The summed E-state index contributed by atoms with van der Waals surface area (Å²) in [5, 5.41) is 0. The second-order valence-electron chi connectivity index (χ2n) is 4.83. The van der Waals surface area contributed by atoms with Gasteiger partial charge in [-0.2, -0.15) is 0 Å². The summed E-state index contributed by atoms with van der Waals surface area (Å²) in [6, 6.07) is 10.9. The molecule has 0 aromatic heterocycles. The van der Waals surface area contributed by atoms with Gasteiger partial charge in [0.15, 0.2) is 0 Å². The zero-order valence-corrected chi connectivity index (χ0v) is 12.0. The Balaban J connectivity index is 0.000000770. The molecule has 0 atom stereocenters. The molecule has 0 amide bonds. The van der Waals surface area contributed by atoms with Gasteiger partial charge in [-0.1, -0.05) is 70.0 Å². The van der Waals surface area contributed by atoms with Gasteiger partial charge in [-0.25, -0.2) is 0 Å². The second-order valence-corrected chi connectivity index (χ2v) is 4.83. The van der Waals surface area contributed by atoms with Crippen LogP contribution in [0.25, 0.3) is 0 Å². The molecule has 0 aliphatic heterocycles. The van der Waals surface area contributed by atoms with E-state index in [-0.39, 0.29) is 0 Å². The first-order chi connectivity index (χ1) is 8.14.